The molecule has 0 N–H and O–H groups in total. The molecule has 2 aromatic rings. The second-order valence-electron chi connectivity index (χ2n) is 5.50. The number of methoxy groups -OCH3 is 2. The van der Waals surface area contributed by atoms with Crippen LogP contribution in [-0.2, 0) is 12.7 Å². The van der Waals surface area contributed by atoms with E-state index in [0.717, 1.165) is 17.7 Å². The van der Waals surface area contributed by atoms with Gasteiger partial charge in [0.1, 0.15) is 5.69 Å². The minimum atomic E-state index is -4.65. The molecule has 6 nitrogen and oxygen atoms in total. The quantitative estimate of drug-likeness (QED) is 0.561. The molecule has 0 atom stereocenters. The Balaban J connectivity index is 2.35. The zero-order valence-electron chi connectivity index (χ0n) is 14.3. The number of nitro benzene ring substituents is 1. The van der Waals surface area contributed by atoms with Crippen LogP contribution in [0.3, 0.4) is 0 Å². The van der Waals surface area contributed by atoms with Gasteiger partial charge in [-0.15, -0.1) is 0 Å². The van der Waals surface area contributed by atoms with Crippen molar-refractivity contribution >= 4 is 11.4 Å². The van der Waals surface area contributed by atoms with Crippen LogP contribution in [0.15, 0.2) is 36.4 Å². The van der Waals surface area contributed by atoms with Gasteiger partial charge in [-0.3, -0.25) is 10.1 Å². The number of nitrogens with zero attached hydrogens (tertiary/aromatic N) is 2. The van der Waals surface area contributed by atoms with Crippen molar-refractivity contribution in [2.24, 2.45) is 0 Å². The predicted octanol–water partition coefficient (Wildman–Crippen LogP) is 4.27. The van der Waals surface area contributed by atoms with Gasteiger partial charge in [-0.25, -0.2) is 0 Å². The van der Waals surface area contributed by atoms with Gasteiger partial charge in [-0.2, -0.15) is 13.2 Å². The fraction of sp³-hybridized carbons (Fsp3) is 0.294. The van der Waals surface area contributed by atoms with Gasteiger partial charge in [0, 0.05) is 19.7 Å². The average Bonchev–Trinajstić information content (AvgIpc) is 2.60. The van der Waals surface area contributed by atoms with E-state index >= 15 is 0 Å². The smallest absolute Gasteiger partial charge is 0.416 e. The molecule has 0 aliphatic carbocycles. The van der Waals surface area contributed by atoms with E-state index in [9.17, 15) is 23.3 Å². The Labute approximate surface area is 147 Å². The van der Waals surface area contributed by atoms with E-state index in [0.29, 0.717) is 17.6 Å². The van der Waals surface area contributed by atoms with Crippen molar-refractivity contribution in [1.29, 1.82) is 0 Å². The summed E-state index contributed by atoms with van der Waals surface area (Å²) in [4.78, 5) is 11.9. The van der Waals surface area contributed by atoms with Crippen LogP contribution in [0.2, 0.25) is 0 Å². The Morgan fingerprint density at radius 2 is 1.73 bits per heavy atom. The first-order valence-electron chi connectivity index (χ1n) is 7.45. The summed E-state index contributed by atoms with van der Waals surface area (Å²) >= 11 is 0. The number of nitro groups is 1. The zero-order valence-corrected chi connectivity index (χ0v) is 14.3. The van der Waals surface area contributed by atoms with Crippen LogP contribution in [0.1, 0.15) is 11.1 Å². The number of rotatable bonds is 6. The molecule has 0 aliphatic rings. The van der Waals surface area contributed by atoms with Crippen LogP contribution < -0.4 is 14.4 Å². The molecule has 0 fully saturated rings. The molecule has 0 saturated heterocycles. The molecule has 140 valence electrons. The lowest BCUT2D eigenvalue weighted by molar-refractivity contribution is -0.384. The molecule has 0 aromatic heterocycles. The Kier molecular flexibility index (Phi) is 5.59. The molecule has 0 aliphatic heterocycles. The Bertz CT molecular complexity index is 809. The van der Waals surface area contributed by atoms with E-state index in [-0.39, 0.29) is 12.2 Å². The lowest BCUT2D eigenvalue weighted by atomic mass is 10.1. The molecule has 0 bridgehead atoms. The number of hydrogen-bond donors (Lipinski definition) is 0. The van der Waals surface area contributed by atoms with E-state index in [1.165, 1.54) is 19.1 Å². The maximum atomic E-state index is 12.8. The third kappa shape index (κ3) is 4.16. The number of halogens is 3. The van der Waals surface area contributed by atoms with Crippen molar-refractivity contribution in [3.8, 4) is 11.5 Å². The summed E-state index contributed by atoms with van der Waals surface area (Å²) in [5.41, 5.74) is -0.840. The van der Waals surface area contributed by atoms with Crippen molar-refractivity contribution in [1.82, 2.24) is 0 Å². The topological polar surface area (TPSA) is 64.8 Å². The van der Waals surface area contributed by atoms with Crippen LogP contribution in [0.5, 0.6) is 11.5 Å². The minimum Gasteiger partial charge on any atom is -0.493 e. The average molecular weight is 370 g/mol. The first-order valence-corrected chi connectivity index (χ1v) is 7.45. The van der Waals surface area contributed by atoms with Gasteiger partial charge < -0.3 is 14.4 Å². The molecule has 0 saturated carbocycles. The van der Waals surface area contributed by atoms with Crippen molar-refractivity contribution in [3.63, 3.8) is 0 Å². The largest absolute Gasteiger partial charge is 0.493 e. The highest BCUT2D eigenvalue weighted by Gasteiger charge is 2.33. The van der Waals surface area contributed by atoms with Crippen molar-refractivity contribution in [2.75, 3.05) is 26.2 Å². The molecule has 0 radical (unpaired) electrons. The molecular formula is C17H17F3N2O4. The van der Waals surface area contributed by atoms with Gasteiger partial charge >= 0.3 is 6.18 Å². The van der Waals surface area contributed by atoms with Gasteiger partial charge in [0.2, 0.25) is 0 Å². The van der Waals surface area contributed by atoms with Crippen molar-refractivity contribution in [3.05, 3.63) is 57.6 Å². The molecule has 0 spiro atoms. The lowest BCUT2D eigenvalue weighted by Crippen LogP contribution is -2.18. The standard InChI is InChI=1S/C17H17F3N2O4/c1-21(10-11-4-7-15(25-2)16(8-11)26-3)13-6-5-12(17(18,19)20)9-14(13)22(23)24/h4-9H,10H2,1-3H3. The van der Waals surface area contributed by atoms with Gasteiger partial charge in [0.05, 0.1) is 24.7 Å². The molecular weight excluding hydrogens is 353 g/mol. The van der Waals surface area contributed by atoms with Gasteiger partial charge in [-0.1, -0.05) is 6.07 Å². The summed E-state index contributed by atoms with van der Waals surface area (Å²) in [6.07, 6.45) is -4.65. The molecule has 2 rings (SSSR count). The Morgan fingerprint density at radius 1 is 1.08 bits per heavy atom. The summed E-state index contributed by atoms with van der Waals surface area (Å²) < 4.78 is 48.8. The molecule has 0 unspecified atom stereocenters. The van der Waals surface area contributed by atoms with E-state index in [1.54, 1.807) is 25.2 Å². The Morgan fingerprint density at radius 3 is 2.27 bits per heavy atom. The molecule has 9 heteroatoms. The highest BCUT2D eigenvalue weighted by atomic mass is 19.4. The number of benzene rings is 2. The first kappa shape index (κ1) is 19.4. The fourth-order valence-electron chi connectivity index (χ4n) is 2.51. The molecule has 0 heterocycles. The van der Waals surface area contributed by atoms with Gasteiger partial charge in [0.15, 0.2) is 11.5 Å². The Hall–Kier alpha value is -2.97. The van der Waals surface area contributed by atoms with Crippen LogP contribution in [-0.4, -0.2) is 26.2 Å². The maximum Gasteiger partial charge on any atom is 0.416 e. The first-order chi connectivity index (χ1) is 12.2. The van der Waals surface area contributed by atoms with Crippen LogP contribution in [0.25, 0.3) is 0 Å². The fourth-order valence-corrected chi connectivity index (χ4v) is 2.51. The third-order valence-electron chi connectivity index (χ3n) is 3.78. The number of hydrogen-bond acceptors (Lipinski definition) is 5. The zero-order chi connectivity index (χ0) is 19.5. The monoisotopic (exact) mass is 370 g/mol. The predicted molar refractivity (Wildman–Crippen MR) is 89.8 cm³/mol. The van der Waals surface area contributed by atoms with Gasteiger partial charge in [-0.05, 0) is 29.8 Å². The molecule has 0 amide bonds. The summed E-state index contributed by atoms with van der Waals surface area (Å²) in [5, 5.41) is 11.2. The minimum absolute atomic E-state index is 0.0813. The summed E-state index contributed by atoms with van der Waals surface area (Å²) in [6.45, 7) is 0.229. The van der Waals surface area contributed by atoms with Crippen molar-refractivity contribution in [2.45, 2.75) is 12.7 Å². The maximum absolute atomic E-state index is 12.8. The molecule has 2 aromatic carbocycles. The van der Waals surface area contributed by atoms with E-state index in [2.05, 4.69) is 0 Å². The number of alkyl halides is 3. The normalized spacial score (nSPS) is 11.2. The summed E-state index contributed by atoms with van der Waals surface area (Å²) in [5.74, 6) is 1.01. The number of anilines is 1. The summed E-state index contributed by atoms with van der Waals surface area (Å²) in [7, 11) is 4.54. The van der Waals surface area contributed by atoms with Gasteiger partial charge in [0.25, 0.3) is 5.69 Å². The third-order valence-corrected chi connectivity index (χ3v) is 3.78. The highest BCUT2D eigenvalue weighted by molar-refractivity contribution is 5.64. The summed E-state index contributed by atoms with van der Waals surface area (Å²) in [6, 6.07) is 7.60. The van der Waals surface area contributed by atoms with E-state index < -0.39 is 22.4 Å². The molecule has 26 heavy (non-hydrogen) atoms. The van der Waals surface area contributed by atoms with Crippen LogP contribution in [0.4, 0.5) is 24.5 Å². The SMILES string of the molecule is COc1ccc(CN(C)c2ccc(C(F)(F)F)cc2[N+](=O)[O-])cc1OC. The second-order valence-corrected chi connectivity index (χ2v) is 5.50. The van der Waals surface area contributed by atoms with Crippen LogP contribution in [0, 0.1) is 10.1 Å². The van der Waals surface area contributed by atoms with E-state index in [1.807, 2.05) is 0 Å². The second kappa shape index (κ2) is 7.51. The van der Waals surface area contributed by atoms with E-state index in [4.69, 9.17) is 9.47 Å². The lowest BCUT2D eigenvalue weighted by Gasteiger charge is -2.20. The van der Waals surface area contributed by atoms with Crippen molar-refractivity contribution < 1.29 is 27.6 Å². The highest BCUT2D eigenvalue weighted by Crippen LogP contribution is 2.37. The number of ether oxygens (including phenoxy) is 2. The van der Waals surface area contributed by atoms with Crippen LogP contribution >= 0.6 is 0 Å².